The molecule has 0 radical (unpaired) electrons. The molecule has 0 spiro atoms. The van der Waals surface area contributed by atoms with E-state index in [1.54, 1.807) is 45.6 Å². The molecule has 0 saturated heterocycles. The molecule has 50 heavy (non-hydrogen) atoms. The minimum Gasteiger partial charge on any atom is -0.496 e. The third kappa shape index (κ3) is 12.3. The van der Waals surface area contributed by atoms with Crippen LogP contribution in [0.5, 0.6) is 11.5 Å². The van der Waals surface area contributed by atoms with E-state index in [2.05, 4.69) is 20.3 Å². The van der Waals surface area contributed by atoms with Gasteiger partial charge in [0.2, 0.25) is 0 Å². The number of ether oxygens (including phenoxy) is 2. The number of nitrogens with two attached hydrogens (primary N) is 1. The second kappa shape index (κ2) is 22.0. The quantitative estimate of drug-likeness (QED) is 0.149. The average molecular weight is 723 g/mol. The standard InChI is InChI=1S/C16H21N3O2S.C10H12N4OS.C9H13NO.CH4/c1-4-13-11-22-16(18-13)19(2)15(20)17-10-9-12-7-5-6-8-14(12)21-3;1-3-8-6-16-9(12-8)13(2)10(15)14-5-4-11-7-14;1-11-9-5-3-2-4-8(9)6-7-10;/h5-8,11H,4,9-10H2,1-3H3,(H,17,20);4-7H,3H2,1-2H3;2-5H,6-7,10H2,1H3;1H4. The largest absolute Gasteiger partial charge is 0.496 e. The van der Waals surface area contributed by atoms with Crippen LogP contribution in [0.25, 0.3) is 0 Å². The minimum absolute atomic E-state index is 0. The van der Waals surface area contributed by atoms with E-state index in [0.29, 0.717) is 23.4 Å². The Labute approximate surface area is 303 Å². The number of amides is 3. The van der Waals surface area contributed by atoms with Gasteiger partial charge < -0.3 is 20.5 Å². The van der Waals surface area contributed by atoms with Crippen molar-refractivity contribution >= 4 is 45.0 Å². The second-order valence-electron chi connectivity index (χ2n) is 10.5. The van der Waals surface area contributed by atoms with Crippen molar-refractivity contribution in [1.82, 2.24) is 24.8 Å². The lowest BCUT2D eigenvalue weighted by Crippen LogP contribution is -2.38. The molecule has 0 bridgehead atoms. The lowest BCUT2D eigenvalue weighted by molar-refractivity contribution is 0.247. The highest BCUT2D eigenvalue weighted by molar-refractivity contribution is 7.14. The third-order valence-corrected chi connectivity index (χ3v) is 9.10. The van der Waals surface area contributed by atoms with Gasteiger partial charge in [-0.25, -0.2) is 24.5 Å². The predicted molar refractivity (Wildman–Crippen MR) is 205 cm³/mol. The molecule has 12 nitrogen and oxygen atoms in total. The fourth-order valence-corrected chi connectivity index (χ4v) is 6.08. The number of nitrogens with one attached hydrogen (secondary N) is 1. The number of hydrogen-bond acceptors (Lipinski definition) is 10. The number of aromatic nitrogens is 4. The Morgan fingerprint density at radius 2 is 1.36 bits per heavy atom. The highest BCUT2D eigenvalue weighted by Crippen LogP contribution is 2.21. The van der Waals surface area contributed by atoms with Gasteiger partial charge in [-0.1, -0.05) is 57.7 Å². The zero-order valence-corrected chi connectivity index (χ0v) is 30.6. The zero-order valence-electron chi connectivity index (χ0n) is 29.0. The number of carbonyl (C=O) groups is 2. The van der Waals surface area contributed by atoms with Crippen molar-refractivity contribution in [2.45, 2.75) is 47.0 Å². The molecule has 3 aromatic heterocycles. The van der Waals surface area contributed by atoms with E-state index in [1.165, 1.54) is 44.0 Å². The van der Waals surface area contributed by atoms with Crippen LogP contribution in [0.1, 0.15) is 43.8 Å². The number of thiazole rings is 2. The summed E-state index contributed by atoms with van der Waals surface area (Å²) in [4.78, 5) is 39.7. The number of nitrogens with zero attached hydrogens (tertiary/aromatic N) is 6. The van der Waals surface area contributed by atoms with Crippen LogP contribution in [0, 0.1) is 0 Å². The first-order chi connectivity index (χ1) is 23.8. The lowest BCUT2D eigenvalue weighted by Gasteiger charge is -2.15. The van der Waals surface area contributed by atoms with Gasteiger partial charge in [-0.2, -0.15) is 0 Å². The Bertz CT molecular complexity index is 1710. The number of carbonyl (C=O) groups excluding carboxylic acids is 2. The van der Waals surface area contributed by atoms with E-state index < -0.39 is 0 Å². The molecule has 0 aliphatic heterocycles. The van der Waals surface area contributed by atoms with Crippen LogP contribution in [0.3, 0.4) is 0 Å². The van der Waals surface area contributed by atoms with Crippen LogP contribution >= 0.6 is 22.7 Å². The van der Waals surface area contributed by atoms with E-state index in [-0.39, 0.29) is 19.5 Å². The first-order valence-electron chi connectivity index (χ1n) is 15.9. The summed E-state index contributed by atoms with van der Waals surface area (Å²) in [6.45, 7) is 5.30. The summed E-state index contributed by atoms with van der Waals surface area (Å²) in [6, 6.07) is 15.5. The predicted octanol–water partition coefficient (Wildman–Crippen LogP) is 6.94. The average Bonchev–Trinajstić information content (AvgIpc) is 3.95. The Morgan fingerprint density at radius 1 is 0.840 bits per heavy atom. The van der Waals surface area contributed by atoms with E-state index in [1.807, 2.05) is 73.1 Å². The second-order valence-corrected chi connectivity index (χ2v) is 12.1. The molecule has 2 aromatic carbocycles. The number of anilines is 2. The van der Waals surface area contributed by atoms with Crippen LogP contribution < -0.4 is 30.3 Å². The first-order valence-corrected chi connectivity index (χ1v) is 17.6. The number of hydrogen-bond donors (Lipinski definition) is 2. The molecular weight excluding hydrogens is 673 g/mol. The molecule has 0 unspecified atom stereocenters. The highest BCUT2D eigenvalue weighted by Gasteiger charge is 2.16. The molecule has 0 atom stereocenters. The van der Waals surface area contributed by atoms with Crippen LogP contribution in [0.4, 0.5) is 19.9 Å². The molecule has 14 heteroatoms. The fourth-order valence-electron chi connectivity index (χ4n) is 4.34. The Balaban J connectivity index is 0.000000273. The molecule has 0 aliphatic carbocycles. The summed E-state index contributed by atoms with van der Waals surface area (Å²) >= 11 is 2.95. The first kappa shape index (κ1) is 41.4. The van der Waals surface area contributed by atoms with Crippen molar-refractivity contribution in [3.8, 4) is 11.5 Å². The van der Waals surface area contributed by atoms with Crippen LogP contribution in [-0.4, -0.2) is 73.0 Å². The van der Waals surface area contributed by atoms with Gasteiger partial charge in [0.25, 0.3) is 0 Å². The number of para-hydroxylation sites is 2. The summed E-state index contributed by atoms with van der Waals surface area (Å²) in [5.74, 6) is 1.77. The van der Waals surface area contributed by atoms with Crippen molar-refractivity contribution in [1.29, 1.82) is 0 Å². The molecule has 5 aromatic rings. The van der Waals surface area contributed by atoms with Gasteiger partial charge in [0.15, 0.2) is 10.3 Å². The molecule has 3 N–H and O–H groups in total. The van der Waals surface area contributed by atoms with Gasteiger partial charge >= 0.3 is 12.1 Å². The van der Waals surface area contributed by atoms with E-state index in [0.717, 1.165) is 54.1 Å². The highest BCUT2D eigenvalue weighted by atomic mass is 32.1. The number of aryl methyl sites for hydroxylation is 2. The Hall–Kier alpha value is -4.79. The maximum atomic E-state index is 12.1. The molecule has 3 amide bonds. The number of imidazole rings is 1. The molecule has 0 aliphatic rings. The van der Waals surface area contributed by atoms with Gasteiger partial charge in [-0.05, 0) is 55.5 Å². The maximum Gasteiger partial charge on any atom is 0.335 e. The number of urea groups is 1. The summed E-state index contributed by atoms with van der Waals surface area (Å²) in [7, 11) is 6.77. The Morgan fingerprint density at radius 3 is 1.82 bits per heavy atom. The normalized spacial score (nSPS) is 9.98. The summed E-state index contributed by atoms with van der Waals surface area (Å²) in [5.41, 5.74) is 9.70. The minimum atomic E-state index is -0.158. The fraction of sp³-hybridized carbons (Fsp3) is 0.361. The topological polar surface area (TPSA) is 141 Å². The zero-order chi connectivity index (χ0) is 35.6. The van der Waals surface area contributed by atoms with Crippen molar-refractivity contribution in [2.24, 2.45) is 5.73 Å². The summed E-state index contributed by atoms with van der Waals surface area (Å²) in [6.07, 6.45) is 8.03. The van der Waals surface area contributed by atoms with E-state index in [4.69, 9.17) is 15.2 Å². The molecule has 0 saturated carbocycles. The third-order valence-electron chi connectivity index (χ3n) is 7.16. The number of benzene rings is 2. The van der Waals surface area contributed by atoms with Crippen molar-refractivity contribution in [3.05, 3.63) is 101 Å². The van der Waals surface area contributed by atoms with Crippen LogP contribution in [-0.2, 0) is 25.7 Å². The molecule has 0 fully saturated rings. The smallest absolute Gasteiger partial charge is 0.335 e. The van der Waals surface area contributed by atoms with Gasteiger partial charge in [0.1, 0.15) is 17.8 Å². The number of methoxy groups -OCH3 is 2. The van der Waals surface area contributed by atoms with Crippen molar-refractivity contribution in [3.63, 3.8) is 0 Å². The van der Waals surface area contributed by atoms with Crippen LogP contribution in [0.15, 0.2) is 78.0 Å². The maximum absolute atomic E-state index is 12.1. The SMILES string of the molecule is C.CCc1csc(N(C)C(=O)NCCc2ccccc2OC)n1.CCc1csc(N(C)C(=O)n2ccnc2)n1.COc1ccccc1CCN. The van der Waals surface area contributed by atoms with Gasteiger partial charge in [-0.3, -0.25) is 14.4 Å². The molecule has 5 rings (SSSR count). The monoisotopic (exact) mass is 722 g/mol. The number of rotatable bonds is 11. The van der Waals surface area contributed by atoms with Gasteiger partial charge in [0.05, 0.1) is 25.6 Å². The molecule has 3 heterocycles. The van der Waals surface area contributed by atoms with Gasteiger partial charge in [0, 0.05) is 43.8 Å². The lowest BCUT2D eigenvalue weighted by atomic mass is 10.1. The van der Waals surface area contributed by atoms with Gasteiger partial charge in [-0.15, -0.1) is 22.7 Å². The van der Waals surface area contributed by atoms with Crippen molar-refractivity contribution in [2.75, 3.05) is 51.2 Å². The van der Waals surface area contributed by atoms with Crippen molar-refractivity contribution < 1.29 is 19.1 Å². The van der Waals surface area contributed by atoms with E-state index in [9.17, 15) is 9.59 Å². The molecule has 270 valence electrons. The Kier molecular flexibility index (Phi) is 18.2. The summed E-state index contributed by atoms with van der Waals surface area (Å²) in [5, 5.41) is 8.27. The molecular formula is C36H50N8O4S2. The summed E-state index contributed by atoms with van der Waals surface area (Å²) < 4.78 is 11.9. The van der Waals surface area contributed by atoms with E-state index >= 15 is 0 Å². The van der Waals surface area contributed by atoms with Crippen LogP contribution in [0.2, 0.25) is 0 Å².